The molecule has 0 saturated heterocycles. The molecule has 1 aromatic rings. The van der Waals surface area contributed by atoms with Gasteiger partial charge in [-0.2, -0.15) is 0 Å². The minimum atomic E-state index is 0.647. The van der Waals surface area contributed by atoms with Crippen molar-refractivity contribution < 1.29 is 4.74 Å². The van der Waals surface area contributed by atoms with Crippen LogP contribution in [0.4, 0.5) is 0 Å². The van der Waals surface area contributed by atoms with Gasteiger partial charge in [0.15, 0.2) is 0 Å². The van der Waals surface area contributed by atoms with E-state index in [2.05, 4.69) is 22.4 Å². The summed E-state index contributed by atoms with van der Waals surface area (Å²) in [6, 6.07) is 0. The summed E-state index contributed by atoms with van der Waals surface area (Å²) in [4.78, 5) is 0. The molecule has 0 fully saturated rings. The summed E-state index contributed by atoms with van der Waals surface area (Å²) >= 11 is 1.41. The van der Waals surface area contributed by atoms with Crippen LogP contribution in [0.3, 0.4) is 0 Å². The van der Waals surface area contributed by atoms with E-state index in [1.807, 2.05) is 0 Å². The van der Waals surface area contributed by atoms with Crippen LogP contribution in [0.2, 0.25) is 0 Å². The number of nitrogens with one attached hydrogen (secondary N) is 1. The van der Waals surface area contributed by atoms with Gasteiger partial charge in [-0.1, -0.05) is 18.3 Å². The van der Waals surface area contributed by atoms with Gasteiger partial charge in [0.25, 0.3) is 5.19 Å². The van der Waals surface area contributed by atoms with Gasteiger partial charge in [0.2, 0.25) is 0 Å². The number of nitrogens with zero attached hydrogens (tertiary/aromatic N) is 2. The normalized spacial score (nSPS) is 10.1. The van der Waals surface area contributed by atoms with Crippen LogP contribution in [-0.2, 0) is 0 Å². The van der Waals surface area contributed by atoms with Crippen molar-refractivity contribution in [1.82, 2.24) is 15.5 Å². The highest BCUT2D eigenvalue weighted by Crippen LogP contribution is 2.10. The second-order valence-corrected chi connectivity index (χ2v) is 3.10. The molecule has 12 heavy (non-hydrogen) atoms. The molecule has 1 N–H and O–H groups in total. The summed E-state index contributed by atoms with van der Waals surface area (Å²) in [5, 5.41) is 11.3. The van der Waals surface area contributed by atoms with E-state index in [1.165, 1.54) is 11.3 Å². The molecule has 1 heterocycles. The standard InChI is InChI=1S/C7H13N3OS/c1-2-3-8-4-5-11-7-10-9-6-12-7/h6,8H,2-5H2,1H3. The van der Waals surface area contributed by atoms with Gasteiger partial charge < -0.3 is 10.1 Å². The summed E-state index contributed by atoms with van der Waals surface area (Å²) in [5.41, 5.74) is 1.66. The predicted octanol–water partition coefficient (Wildman–Crippen LogP) is 0.916. The molecule has 0 radical (unpaired) electrons. The van der Waals surface area contributed by atoms with Gasteiger partial charge in [-0.3, -0.25) is 0 Å². The van der Waals surface area contributed by atoms with Crippen LogP contribution < -0.4 is 10.1 Å². The average molecular weight is 187 g/mol. The fourth-order valence-electron chi connectivity index (χ4n) is 0.738. The Labute approximate surface area is 76.0 Å². The first-order valence-corrected chi connectivity index (χ1v) is 4.91. The lowest BCUT2D eigenvalue weighted by molar-refractivity contribution is 0.310. The SMILES string of the molecule is CCCNCCOc1nncs1. The second kappa shape index (κ2) is 5.91. The third-order valence-electron chi connectivity index (χ3n) is 1.27. The Morgan fingerprint density at radius 1 is 1.58 bits per heavy atom. The molecule has 0 amide bonds. The first kappa shape index (κ1) is 9.41. The van der Waals surface area contributed by atoms with E-state index in [4.69, 9.17) is 4.74 Å². The largest absolute Gasteiger partial charge is 0.468 e. The third kappa shape index (κ3) is 3.64. The van der Waals surface area contributed by atoms with E-state index >= 15 is 0 Å². The van der Waals surface area contributed by atoms with Gasteiger partial charge >= 0.3 is 0 Å². The Balaban J connectivity index is 1.96. The molecule has 0 aromatic carbocycles. The van der Waals surface area contributed by atoms with Crippen LogP contribution in [0.1, 0.15) is 13.3 Å². The zero-order valence-corrected chi connectivity index (χ0v) is 7.93. The van der Waals surface area contributed by atoms with Crippen LogP contribution in [0.5, 0.6) is 5.19 Å². The minimum Gasteiger partial charge on any atom is -0.468 e. The van der Waals surface area contributed by atoms with Crippen molar-refractivity contribution in [1.29, 1.82) is 0 Å². The van der Waals surface area contributed by atoms with E-state index in [0.29, 0.717) is 11.8 Å². The van der Waals surface area contributed by atoms with Crippen molar-refractivity contribution in [2.45, 2.75) is 13.3 Å². The van der Waals surface area contributed by atoms with Crippen LogP contribution >= 0.6 is 11.3 Å². The Kier molecular flexibility index (Phi) is 4.63. The molecule has 0 spiro atoms. The first-order valence-electron chi connectivity index (χ1n) is 4.03. The molecule has 1 rings (SSSR count). The third-order valence-corrected chi connectivity index (χ3v) is 1.87. The molecule has 5 heteroatoms. The van der Waals surface area contributed by atoms with Gasteiger partial charge in [-0.05, 0) is 13.0 Å². The highest BCUT2D eigenvalue weighted by atomic mass is 32.1. The molecular formula is C7H13N3OS. The lowest BCUT2D eigenvalue weighted by Crippen LogP contribution is -2.21. The monoisotopic (exact) mass is 187 g/mol. The smallest absolute Gasteiger partial charge is 0.293 e. The van der Waals surface area contributed by atoms with Gasteiger partial charge in [-0.15, -0.1) is 10.2 Å². The summed E-state index contributed by atoms with van der Waals surface area (Å²) in [5.74, 6) is 0. The topological polar surface area (TPSA) is 47.0 Å². The van der Waals surface area contributed by atoms with Gasteiger partial charge in [0.05, 0.1) is 0 Å². The minimum absolute atomic E-state index is 0.647. The zero-order chi connectivity index (χ0) is 8.65. The lowest BCUT2D eigenvalue weighted by Gasteiger charge is -2.02. The Morgan fingerprint density at radius 2 is 2.50 bits per heavy atom. The number of rotatable bonds is 6. The second-order valence-electron chi connectivity index (χ2n) is 2.30. The Bertz CT molecular complexity index is 191. The molecular weight excluding hydrogens is 174 g/mol. The molecule has 0 saturated carbocycles. The highest BCUT2D eigenvalue weighted by molar-refractivity contribution is 7.11. The maximum atomic E-state index is 5.27. The van der Waals surface area contributed by atoms with Crippen LogP contribution in [0.25, 0.3) is 0 Å². The Morgan fingerprint density at radius 3 is 3.17 bits per heavy atom. The van der Waals surface area contributed by atoms with E-state index in [-0.39, 0.29) is 0 Å². The molecule has 0 atom stereocenters. The van der Waals surface area contributed by atoms with Gasteiger partial charge in [-0.25, -0.2) is 0 Å². The lowest BCUT2D eigenvalue weighted by atomic mass is 10.5. The van der Waals surface area contributed by atoms with Crippen molar-refractivity contribution in [2.24, 2.45) is 0 Å². The summed E-state index contributed by atoms with van der Waals surface area (Å²) < 4.78 is 5.27. The summed E-state index contributed by atoms with van der Waals surface area (Å²) in [6.45, 7) is 4.71. The van der Waals surface area contributed by atoms with Crippen LogP contribution in [0.15, 0.2) is 5.51 Å². The number of aromatic nitrogens is 2. The molecule has 1 aromatic heterocycles. The van der Waals surface area contributed by atoms with Crippen molar-refractivity contribution in [2.75, 3.05) is 19.7 Å². The van der Waals surface area contributed by atoms with Gasteiger partial charge in [0, 0.05) is 6.54 Å². The molecule has 0 unspecified atom stereocenters. The van der Waals surface area contributed by atoms with E-state index in [9.17, 15) is 0 Å². The van der Waals surface area contributed by atoms with E-state index < -0.39 is 0 Å². The summed E-state index contributed by atoms with van der Waals surface area (Å²) in [7, 11) is 0. The number of hydrogen-bond acceptors (Lipinski definition) is 5. The first-order chi connectivity index (χ1) is 5.93. The average Bonchev–Trinajstić information content (AvgIpc) is 2.57. The molecule has 68 valence electrons. The molecule has 0 aliphatic rings. The van der Waals surface area contributed by atoms with Crippen molar-refractivity contribution in [3.8, 4) is 5.19 Å². The van der Waals surface area contributed by atoms with Crippen LogP contribution in [0, 0.1) is 0 Å². The predicted molar refractivity (Wildman–Crippen MR) is 48.6 cm³/mol. The molecule has 0 aliphatic heterocycles. The molecule has 0 bridgehead atoms. The van der Waals surface area contributed by atoms with E-state index in [0.717, 1.165) is 19.5 Å². The van der Waals surface area contributed by atoms with Gasteiger partial charge in [0.1, 0.15) is 12.1 Å². The maximum absolute atomic E-state index is 5.27. The fourth-order valence-corrected chi connectivity index (χ4v) is 1.17. The summed E-state index contributed by atoms with van der Waals surface area (Å²) in [6.07, 6.45) is 1.15. The number of hydrogen-bond donors (Lipinski definition) is 1. The number of ether oxygens (including phenoxy) is 1. The molecule has 0 aliphatic carbocycles. The zero-order valence-electron chi connectivity index (χ0n) is 7.12. The quantitative estimate of drug-likeness (QED) is 0.673. The Hall–Kier alpha value is -0.680. The molecule has 4 nitrogen and oxygen atoms in total. The van der Waals surface area contributed by atoms with Crippen molar-refractivity contribution in [3.63, 3.8) is 0 Å². The maximum Gasteiger partial charge on any atom is 0.293 e. The fraction of sp³-hybridized carbons (Fsp3) is 0.714. The van der Waals surface area contributed by atoms with E-state index in [1.54, 1.807) is 5.51 Å². The van der Waals surface area contributed by atoms with Crippen molar-refractivity contribution in [3.05, 3.63) is 5.51 Å². The van der Waals surface area contributed by atoms with Crippen LogP contribution in [-0.4, -0.2) is 29.9 Å². The highest BCUT2D eigenvalue weighted by Gasteiger charge is 1.94. The van der Waals surface area contributed by atoms with Crippen molar-refractivity contribution >= 4 is 11.3 Å².